The average Bonchev–Trinajstić information content (AvgIpc) is 2.27. The van der Waals surface area contributed by atoms with E-state index in [1.807, 2.05) is 0 Å². The molecule has 1 aromatic rings. The number of carbonyl (C=O) groups is 1. The standard InChI is InChI=1S/C10H14N2O4S/c1-12(2)17(14,15)7-4-5-9(16-3)8(6-7)10(11)13/h4-6H,1-3H3,(H2,11,13). The van der Waals surface area contributed by atoms with E-state index in [1.165, 1.54) is 39.4 Å². The molecule has 17 heavy (non-hydrogen) atoms. The summed E-state index contributed by atoms with van der Waals surface area (Å²) in [6.45, 7) is 0. The fraction of sp³-hybridized carbons (Fsp3) is 0.300. The first-order chi connectivity index (χ1) is 7.80. The molecule has 0 atom stereocenters. The predicted molar refractivity (Wildman–Crippen MR) is 62.4 cm³/mol. The number of sulfonamides is 1. The molecular weight excluding hydrogens is 244 g/mol. The first-order valence-electron chi connectivity index (χ1n) is 4.71. The van der Waals surface area contributed by atoms with Crippen molar-refractivity contribution in [2.45, 2.75) is 4.90 Å². The second kappa shape index (κ2) is 4.72. The van der Waals surface area contributed by atoms with E-state index in [0.717, 1.165) is 4.31 Å². The van der Waals surface area contributed by atoms with Gasteiger partial charge in [0.05, 0.1) is 17.6 Å². The molecule has 0 saturated heterocycles. The summed E-state index contributed by atoms with van der Waals surface area (Å²) in [6, 6.07) is 3.97. The van der Waals surface area contributed by atoms with Crippen molar-refractivity contribution >= 4 is 15.9 Å². The molecular formula is C10H14N2O4S. The lowest BCUT2D eigenvalue weighted by Crippen LogP contribution is -2.23. The SMILES string of the molecule is COc1ccc(S(=O)(=O)N(C)C)cc1C(N)=O. The van der Waals surface area contributed by atoms with Crippen LogP contribution in [0.3, 0.4) is 0 Å². The van der Waals surface area contributed by atoms with Gasteiger partial charge in [-0.15, -0.1) is 0 Å². The van der Waals surface area contributed by atoms with Crippen molar-refractivity contribution in [2.24, 2.45) is 5.73 Å². The molecule has 1 aromatic carbocycles. The molecule has 0 saturated carbocycles. The Balaban J connectivity index is 3.41. The summed E-state index contributed by atoms with van der Waals surface area (Å²) in [5, 5.41) is 0. The van der Waals surface area contributed by atoms with Crippen LogP contribution in [0.1, 0.15) is 10.4 Å². The van der Waals surface area contributed by atoms with Crippen LogP contribution in [0.15, 0.2) is 23.1 Å². The molecule has 1 rings (SSSR count). The fourth-order valence-corrected chi connectivity index (χ4v) is 2.18. The van der Waals surface area contributed by atoms with Crippen molar-refractivity contribution in [3.63, 3.8) is 0 Å². The van der Waals surface area contributed by atoms with Crippen molar-refractivity contribution in [1.29, 1.82) is 0 Å². The summed E-state index contributed by atoms with van der Waals surface area (Å²) in [6.07, 6.45) is 0. The largest absolute Gasteiger partial charge is 0.496 e. The quantitative estimate of drug-likeness (QED) is 0.826. The van der Waals surface area contributed by atoms with Crippen molar-refractivity contribution in [3.8, 4) is 5.75 Å². The third-order valence-electron chi connectivity index (χ3n) is 2.21. The van der Waals surface area contributed by atoms with Gasteiger partial charge < -0.3 is 10.5 Å². The minimum atomic E-state index is -3.59. The number of primary amides is 1. The highest BCUT2D eigenvalue weighted by Gasteiger charge is 2.20. The zero-order valence-corrected chi connectivity index (χ0v) is 10.6. The Kier molecular flexibility index (Phi) is 3.74. The minimum absolute atomic E-state index is 0.00269. The Morgan fingerprint density at radius 2 is 1.94 bits per heavy atom. The van der Waals surface area contributed by atoms with Gasteiger partial charge in [0.25, 0.3) is 5.91 Å². The molecule has 0 aliphatic carbocycles. The van der Waals surface area contributed by atoms with E-state index >= 15 is 0 Å². The first kappa shape index (κ1) is 13.5. The van der Waals surface area contributed by atoms with Gasteiger partial charge in [-0.25, -0.2) is 12.7 Å². The van der Waals surface area contributed by atoms with E-state index in [4.69, 9.17) is 10.5 Å². The van der Waals surface area contributed by atoms with Crippen molar-refractivity contribution < 1.29 is 17.9 Å². The average molecular weight is 258 g/mol. The van der Waals surface area contributed by atoms with E-state index in [2.05, 4.69) is 0 Å². The molecule has 0 radical (unpaired) electrons. The van der Waals surface area contributed by atoms with Crippen LogP contribution in [0.2, 0.25) is 0 Å². The topological polar surface area (TPSA) is 89.7 Å². The molecule has 1 amide bonds. The Morgan fingerprint density at radius 1 is 1.35 bits per heavy atom. The van der Waals surface area contributed by atoms with Crippen molar-refractivity contribution in [3.05, 3.63) is 23.8 Å². The smallest absolute Gasteiger partial charge is 0.252 e. The number of amides is 1. The van der Waals surface area contributed by atoms with Crippen LogP contribution < -0.4 is 10.5 Å². The summed E-state index contributed by atoms with van der Waals surface area (Å²) in [4.78, 5) is 11.2. The van der Waals surface area contributed by atoms with E-state index in [-0.39, 0.29) is 16.2 Å². The highest BCUT2D eigenvalue weighted by Crippen LogP contribution is 2.23. The van der Waals surface area contributed by atoms with Gasteiger partial charge in [0.1, 0.15) is 5.75 Å². The molecule has 0 spiro atoms. The summed E-state index contributed by atoms with van der Waals surface area (Å²) in [5.41, 5.74) is 5.19. The zero-order chi connectivity index (χ0) is 13.2. The molecule has 0 aromatic heterocycles. The highest BCUT2D eigenvalue weighted by atomic mass is 32.2. The number of benzene rings is 1. The second-order valence-corrected chi connectivity index (χ2v) is 5.67. The number of nitrogens with two attached hydrogens (primary N) is 1. The third kappa shape index (κ3) is 2.56. The number of rotatable bonds is 4. The van der Waals surface area contributed by atoms with Crippen molar-refractivity contribution in [2.75, 3.05) is 21.2 Å². The van der Waals surface area contributed by atoms with Crippen LogP contribution in [0.5, 0.6) is 5.75 Å². The fourth-order valence-electron chi connectivity index (χ4n) is 1.25. The molecule has 0 aliphatic heterocycles. The monoisotopic (exact) mass is 258 g/mol. The van der Waals surface area contributed by atoms with Crippen LogP contribution in [-0.4, -0.2) is 39.8 Å². The van der Waals surface area contributed by atoms with Crippen LogP contribution in [0.25, 0.3) is 0 Å². The molecule has 0 aliphatic rings. The number of nitrogens with zero attached hydrogens (tertiary/aromatic N) is 1. The van der Waals surface area contributed by atoms with Gasteiger partial charge in [-0.2, -0.15) is 0 Å². The molecule has 7 heteroatoms. The van der Waals surface area contributed by atoms with Gasteiger partial charge in [0.15, 0.2) is 0 Å². The molecule has 0 unspecified atom stereocenters. The van der Waals surface area contributed by atoms with E-state index in [1.54, 1.807) is 0 Å². The summed E-state index contributed by atoms with van der Waals surface area (Å²) in [7, 11) is 0.601. The molecule has 6 nitrogen and oxygen atoms in total. The predicted octanol–water partition coefficient (Wildman–Crippen LogP) is 0.0444. The Labute approximate surface area is 100 Å². The Hall–Kier alpha value is -1.60. The van der Waals surface area contributed by atoms with Gasteiger partial charge in [0.2, 0.25) is 10.0 Å². The van der Waals surface area contributed by atoms with Crippen LogP contribution >= 0.6 is 0 Å². The minimum Gasteiger partial charge on any atom is -0.496 e. The van der Waals surface area contributed by atoms with Gasteiger partial charge in [-0.3, -0.25) is 4.79 Å². The maximum absolute atomic E-state index is 11.8. The number of hydrogen-bond donors (Lipinski definition) is 1. The van der Waals surface area contributed by atoms with Gasteiger partial charge in [0, 0.05) is 14.1 Å². The molecule has 0 heterocycles. The lowest BCUT2D eigenvalue weighted by Gasteiger charge is -2.13. The number of hydrogen-bond acceptors (Lipinski definition) is 4. The lowest BCUT2D eigenvalue weighted by molar-refractivity contribution is 0.0997. The maximum Gasteiger partial charge on any atom is 0.252 e. The second-order valence-electron chi connectivity index (χ2n) is 3.51. The van der Waals surface area contributed by atoms with Gasteiger partial charge >= 0.3 is 0 Å². The van der Waals surface area contributed by atoms with E-state index in [9.17, 15) is 13.2 Å². The summed E-state index contributed by atoms with van der Waals surface area (Å²) >= 11 is 0. The highest BCUT2D eigenvalue weighted by molar-refractivity contribution is 7.89. The normalized spacial score (nSPS) is 11.5. The van der Waals surface area contributed by atoms with Gasteiger partial charge in [-0.1, -0.05) is 0 Å². The number of methoxy groups -OCH3 is 1. The molecule has 94 valence electrons. The van der Waals surface area contributed by atoms with Crippen LogP contribution in [-0.2, 0) is 10.0 Å². The number of carbonyl (C=O) groups excluding carboxylic acids is 1. The van der Waals surface area contributed by atoms with Crippen LogP contribution in [0.4, 0.5) is 0 Å². The lowest BCUT2D eigenvalue weighted by atomic mass is 10.2. The molecule has 2 N–H and O–H groups in total. The Morgan fingerprint density at radius 3 is 2.35 bits per heavy atom. The van der Waals surface area contributed by atoms with E-state index < -0.39 is 15.9 Å². The zero-order valence-electron chi connectivity index (χ0n) is 9.80. The van der Waals surface area contributed by atoms with Crippen LogP contribution in [0, 0.1) is 0 Å². The van der Waals surface area contributed by atoms with Gasteiger partial charge in [-0.05, 0) is 18.2 Å². The third-order valence-corrected chi connectivity index (χ3v) is 4.03. The molecule has 0 fully saturated rings. The molecule has 0 bridgehead atoms. The first-order valence-corrected chi connectivity index (χ1v) is 6.15. The summed E-state index contributed by atoms with van der Waals surface area (Å²) < 4.78 is 29.7. The maximum atomic E-state index is 11.8. The van der Waals surface area contributed by atoms with E-state index in [0.29, 0.717) is 0 Å². The van der Waals surface area contributed by atoms with Crippen molar-refractivity contribution in [1.82, 2.24) is 4.31 Å². The summed E-state index contributed by atoms with van der Waals surface area (Å²) in [5.74, 6) is -0.493. The Bertz CT molecular complexity index is 537. The number of ether oxygens (including phenoxy) is 1.